The Morgan fingerprint density at radius 1 is 1.29 bits per heavy atom. The Bertz CT molecular complexity index is 400. The maximum atomic E-state index is 12.5. The number of benzene rings is 1. The number of carbonyl (C=O) groups is 1. The van der Waals surface area contributed by atoms with Crippen LogP contribution < -0.4 is 5.11 Å². The molecule has 0 radical (unpaired) electrons. The van der Waals surface area contributed by atoms with E-state index in [0.717, 1.165) is 6.92 Å². The summed E-state index contributed by atoms with van der Waals surface area (Å²) in [5.74, 6) is -5.50. The first-order chi connectivity index (χ1) is 7.73. The van der Waals surface area contributed by atoms with Crippen molar-refractivity contribution in [3.63, 3.8) is 0 Å². The van der Waals surface area contributed by atoms with Crippen LogP contribution in [-0.4, -0.2) is 12.1 Å². The molecule has 1 aromatic carbocycles. The van der Waals surface area contributed by atoms with Gasteiger partial charge in [0.05, 0.1) is 5.92 Å². The number of rotatable bonds is 3. The van der Waals surface area contributed by atoms with Gasteiger partial charge in [0.15, 0.2) is 0 Å². The average Bonchev–Trinajstić information content (AvgIpc) is 2.19. The lowest BCUT2D eigenvalue weighted by Gasteiger charge is -2.27. The summed E-state index contributed by atoms with van der Waals surface area (Å²) in [6.45, 7) is 0.815. The minimum Gasteiger partial charge on any atom is -0.549 e. The van der Waals surface area contributed by atoms with Crippen molar-refractivity contribution in [2.24, 2.45) is 5.92 Å². The number of hydrogen-bond donors (Lipinski definition) is 0. The van der Waals surface area contributed by atoms with Crippen molar-refractivity contribution in [1.82, 2.24) is 0 Å². The van der Waals surface area contributed by atoms with Gasteiger partial charge in [-0.25, -0.2) is 0 Å². The molecule has 0 heterocycles. The molecule has 0 bridgehead atoms. The van der Waals surface area contributed by atoms with Crippen molar-refractivity contribution >= 4 is 17.6 Å². The molecule has 17 heavy (non-hydrogen) atoms. The Balaban J connectivity index is 3.10. The van der Waals surface area contributed by atoms with Gasteiger partial charge in [0.2, 0.25) is 0 Å². The van der Waals surface area contributed by atoms with Gasteiger partial charge in [0.1, 0.15) is 0 Å². The molecule has 0 saturated heterocycles. The minimum atomic E-state index is -4.59. The van der Waals surface area contributed by atoms with Crippen molar-refractivity contribution in [2.45, 2.75) is 19.0 Å². The second kappa shape index (κ2) is 4.96. The smallest absolute Gasteiger partial charge is 0.392 e. The molecule has 0 aromatic heterocycles. The van der Waals surface area contributed by atoms with E-state index in [9.17, 15) is 23.1 Å². The van der Waals surface area contributed by atoms with E-state index in [1.165, 1.54) is 24.3 Å². The lowest BCUT2D eigenvalue weighted by Crippen LogP contribution is -2.38. The van der Waals surface area contributed by atoms with Crippen molar-refractivity contribution < 1.29 is 23.1 Å². The summed E-state index contributed by atoms with van der Waals surface area (Å²) in [5.41, 5.74) is 0.0271. The summed E-state index contributed by atoms with van der Waals surface area (Å²) in [4.78, 5) is 10.8. The predicted octanol–water partition coefficient (Wildman–Crippen LogP) is 2.37. The molecule has 0 spiro atoms. The summed E-state index contributed by atoms with van der Waals surface area (Å²) in [5, 5.41) is 11.2. The molecule has 94 valence electrons. The van der Waals surface area contributed by atoms with Crippen LogP contribution in [0.1, 0.15) is 18.4 Å². The van der Waals surface area contributed by atoms with Gasteiger partial charge in [0, 0.05) is 16.9 Å². The van der Waals surface area contributed by atoms with Gasteiger partial charge in [-0.3, -0.25) is 0 Å². The molecule has 0 aliphatic heterocycles. The Labute approximate surface area is 101 Å². The van der Waals surface area contributed by atoms with Crippen molar-refractivity contribution in [3.8, 4) is 0 Å². The van der Waals surface area contributed by atoms with Crippen molar-refractivity contribution in [1.29, 1.82) is 0 Å². The zero-order valence-corrected chi connectivity index (χ0v) is 9.55. The van der Waals surface area contributed by atoms with E-state index in [1.807, 2.05) is 0 Å². The number of aliphatic carboxylic acids is 1. The van der Waals surface area contributed by atoms with E-state index in [-0.39, 0.29) is 5.56 Å². The molecule has 0 aliphatic carbocycles. The first-order valence-electron chi connectivity index (χ1n) is 4.76. The topological polar surface area (TPSA) is 40.1 Å². The Kier molecular flexibility index (Phi) is 4.03. The van der Waals surface area contributed by atoms with E-state index in [1.54, 1.807) is 0 Å². The molecule has 0 saturated carbocycles. The average molecular weight is 266 g/mol. The third-order valence-corrected chi connectivity index (χ3v) is 2.75. The number of carbonyl (C=O) groups excluding carboxylic acids is 1. The van der Waals surface area contributed by atoms with Crippen LogP contribution in [0.3, 0.4) is 0 Å². The summed E-state index contributed by atoms with van der Waals surface area (Å²) < 4.78 is 37.5. The SMILES string of the molecule is C[C@H](C(C(=O)[O-])c1ccc(Cl)cc1)C(F)(F)F. The monoisotopic (exact) mass is 265 g/mol. The van der Waals surface area contributed by atoms with E-state index in [4.69, 9.17) is 11.6 Å². The number of carboxylic acids is 1. The number of halogens is 4. The van der Waals surface area contributed by atoms with Gasteiger partial charge in [-0.15, -0.1) is 0 Å². The molecule has 0 fully saturated rings. The second-order valence-corrected chi connectivity index (χ2v) is 4.11. The van der Waals surface area contributed by atoms with Gasteiger partial charge in [0.25, 0.3) is 0 Å². The van der Waals surface area contributed by atoms with Crippen LogP contribution in [0.2, 0.25) is 5.02 Å². The third kappa shape index (κ3) is 3.36. The number of carboxylic acid groups (broad SMARTS) is 1. The quantitative estimate of drug-likeness (QED) is 0.842. The highest BCUT2D eigenvalue weighted by atomic mass is 35.5. The third-order valence-electron chi connectivity index (χ3n) is 2.50. The van der Waals surface area contributed by atoms with E-state index < -0.39 is 24.0 Å². The molecule has 6 heteroatoms. The van der Waals surface area contributed by atoms with Gasteiger partial charge in [-0.1, -0.05) is 30.7 Å². The molecule has 0 amide bonds. The fraction of sp³-hybridized carbons (Fsp3) is 0.364. The van der Waals surface area contributed by atoms with E-state index >= 15 is 0 Å². The first-order valence-corrected chi connectivity index (χ1v) is 5.14. The molecule has 1 aromatic rings. The first kappa shape index (κ1) is 13.8. The van der Waals surface area contributed by atoms with Crippen LogP contribution in [-0.2, 0) is 4.79 Å². The zero-order chi connectivity index (χ0) is 13.2. The van der Waals surface area contributed by atoms with Gasteiger partial charge in [-0.05, 0) is 17.7 Å². The minimum absolute atomic E-state index is 0.0271. The zero-order valence-electron chi connectivity index (χ0n) is 8.79. The predicted molar refractivity (Wildman–Crippen MR) is 54.4 cm³/mol. The summed E-state index contributed by atoms with van der Waals surface area (Å²) >= 11 is 5.58. The highest BCUT2D eigenvalue weighted by Gasteiger charge is 2.42. The largest absolute Gasteiger partial charge is 0.549 e. The highest BCUT2D eigenvalue weighted by Crippen LogP contribution is 2.37. The summed E-state index contributed by atoms with van der Waals surface area (Å²) in [6, 6.07) is 5.20. The van der Waals surface area contributed by atoms with Crippen LogP contribution >= 0.6 is 11.6 Å². The summed E-state index contributed by atoms with van der Waals surface area (Å²) in [6.07, 6.45) is -4.59. The van der Waals surface area contributed by atoms with Crippen LogP contribution in [0.25, 0.3) is 0 Å². The van der Waals surface area contributed by atoms with Gasteiger partial charge in [-0.2, -0.15) is 13.2 Å². The number of hydrogen-bond acceptors (Lipinski definition) is 2. The lowest BCUT2D eigenvalue weighted by atomic mass is 9.87. The standard InChI is InChI=1S/C11H10ClF3O2/c1-6(11(13,14)15)9(10(16)17)7-2-4-8(12)5-3-7/h2-6,9H,1H3,(H,16,17)/p-1/t6-,9?/m1/s1. The highest BCUT2D eigenvalue weighted by molar-refractivity contribution is 6.30. The molecule has 1 rings (SSSR count). The maximum absolute atomic E-state index is 12.5. The molecular weight excluding hydrogens is 257 g/mol. The fourth-order valence-electron chi connectivity index (χ4n) is 1.49. The molecule has 0 N–H and O–H groups in total. The molecule has 1 unspecified atom stereocenters. The van der Waals surface area contributed by atoms with Gasteiger partial charge >= 0.3 is 6.18 Å². The fourth-order valence-corrected chi connectivity index (χ4v) is 1.61. The van der Waals surface area contributed by atoms with Crippen LogP contribution in [0.4, 0.5) is 13.2 Å². The van der Waals surface area contributed by atoms with Crippen LogP contribution in [0.15, 0.2) is 24.3 Å². The number of alkyl halides is 3. The van der Waals surface area contributed by atoms with E-state index in [2.05, 4.69) is 0 Å². The van der Waals surface area contributed by atoms with Crippen LogP contribution in [0.5, 0.6) is 0 Å². The summed E-state index contributed by atoms with van der Waals surface area (Å²) in [7, 11) is 0. The van der Waals surface area contributed by atoms with Crippen molar-refractivity contribution in [3.05, 3.63) is 34.9 Å². The second-order valence-electron chi connectivity index (χ2n) is 3.68. The van der Waals surface area contributed by atoms with Crippen LogP contribution in [0, 0.1) is 5.92 Å². The Hall–Kier alpha value is -1.23. The van der Waals surface area contributed by atoms with Crippen molar-refractivity contribution in [2.75, 3.05) is 0 Å². The Morgan fingerprint density at radius 2 is 1.76 bits per heavy atom. The molecule has 2 atom stereocenters. The molecule has 2 nitrogen and oxygen atoms in total. The normalized spacial score (nSPS) is 15.4. The molecule has 0 aliphatic rings. The van der Waals surface area contributed by atoms with E-state index in [0.29, 0.717) is 5.02 Å². The Morgan fingerprint density at radius 3 is 2.12 bits per heavy atom. The lowest BCUT2D eigenvalue weighted by molar-refractivity contribution is -0.313. The maximum Gasteiger partial charge on any atom is 0.392 e. The molecular formula is C11H9ClF3O2-. The van der Waals surface area contributed by atoms with Gasteiger partial charge < -0.3 is 9.90 Å².